The lowest BCUT2D eigenvalue weighted by atomic mass is 9.99. The van der Waals surface area contributed by atoms with Crippen molar-refractivity contribution in [2.45, 2.75) is 32.2 Å². The second-order valence-electron chi connectivity index (χ2n) is 4.30. The summed E-state index contributed by atoms with van der Waals surface area (Å²) in [6.07, 6.45) is 2.00. The van der Waals surface area contributed by atoms with Crippen LogP contribution < -0.4 is 5.73 Å². The molecule has 0 saturated heterocycles. The summed E-state index contributed by atoms with van der Waals surface area (Å²) in [4.78, 5) is 4.57. The third-order valence-corrected chi connectivity index (χ3v) is 4.16. The quantitative estimate of drug-likeness (QED) is 0.902. The van der Waals surface area contributed by atoms with Crippen molar-refractivity contribution in [1.82, 2.24) is 4.98 Å². The van der Waals surface area contributed by atoms with Gasteiger partial charge in [0.1, 0.15) is 5.01 Å². The van der Waals surface area contributed by atoms with Gasteiger partial charge in [0.05, 0.1) is 15.8 Å². The van der Waals surface area contributed by atoms with Gasteiger partial charge in [-0.1, -0.05) is 24.9 Å². The first-order chi connectivity index (χ1) is 7.53. The Balaban J connectivity index is 2.46. The van der Waals surface area contributed by atoms with Crippen LogP contribution in [0.1, 0.15) is 31.7 Å². The number of hydrogen-bond acceptors (Lipinski definition) is 3. The van der Waals surface area contributed by atoms with Crippen molar-refractivity contribution >= 4 is 33.2 Å². The molecule has 2 nitrogen and oxygen atoms in total. The summed E-state index contributed by atoms with van der Waals surface area (Å²) in [6, 6.07) is 5.78. The molecule has 4 heteroatoms. The smallest absolute Gasteiger partial charge is 0.113 e. The van der Waals surface area contributed by atoms with E-state index in [0.29, 0.717) is 0 Å². The predicted octanol–water partition coefficient (Wildman–Crippen LogP) is 3.92. The zero-order valence-corrected chi connectivity index (χ0v) is 11.0. The summed E-state index contributed by atoms with van der Waals surface area (Å²) in [5.41, 5.74) is 6.88. The van der Waals surface area contributed by atoms with E-state index in [2.05, 4.69) is 11.9 Å². The third-order valence-electron chi connectivity index (χ3n) is 2.61. The highest BCUT2D eigenvalue weighted by atomic mass is 35.5. The fraction of sp³-hybridized carbons (Fsp3) is 0.417. The Hall–Kier alpha value is -0.640. The molecule has 0 aliphatic rings. The zero-order chi connectivity index (χ0) is 11.8. The number of halogens is 1. The first-order valence-electron chi connectivity index (χ1n) is 5.38. The van der Waals surface area contributed by atoms with Gasteiger partial charge in [-0.2, -0.15) is 0 Å². The van der Waals surface area contributed by atoms with Gasteiger partial charge < -0.3 is 5.73 Å². The summed E-state index contributed by atoms with van der Waals surface area (Å²) in [5, 5.41) is 1.71. The first-order valence-corrected chi connectivity index (χ1v) is 6.58. The Bertz CT molecular complexity index is 505. The van der Waals surface area contributed by atoms with Gasteiger partial charge in [-0.25, -0.2) is 4.98 Å². The molecule has 0 saturated carbocycles. The molecule has 2 N–H and O–H groups in total. The number of fused-ring (bicyclic) bond motifs is 1. The average Bonchev–Trinajstić information content (AvgIpc) is 2.61. The van der Waals surface area contributed by atoms with Crippen LogP contribution in [0.25, 0.3) is 10.2 Å². The minimum absolute atomic E-state index is 0.328. The number of thiazole rings is 1. The molecule has 0 aliphatic carbocycles. The van der Waals surface area contributed by atoms with Crippen LogP contribution in [-0.2, 0) is 5.54 Å². The Labute approximate surface area is 104 Å². The van der Waals surface area contributed by atoms with Crippen LogP contribution in [0.5, 0.6) is 0 Å². The van der Waals surface area contributed by atoms with Crippen LogP contribution in [0.3, 0.4) is 0 Å². The van der Waals surface area contributed by atoms with E-state index in [0.717, 1.165) is 33.1 Å². The molecule has 0 radical (unpaired) electrons. The van der Waals surface area contributed by atoms with E-state index in [4.69, 9.17) is 17.3 Å². The normalized spacial score (nSPS) is 15.2. The molecular formula is C12H15ClN2S. The van der Waals surface area contributed by atoms with Crippen molar-refractivity contribution in [3.8, 4) is 0 Å². The van der Waals surface area contributed by atoms with Crippen LogP contribution in [-0.4, -0.2) is 4.98 Å². The minimum atomic E-state index is -0.328. The van der Waals surface area contributed by atoms with Crippen LogP contribution in [0, 0.1) is 0 Å². The van der Waals surface area contributed by atoms with Crippen molar-refractivity contribution in [1.29, 1.82) is 0 Å². The minimum Gasteiger partial charge on any atom is -0.320 e. The van der Waals surface area contributed by atoms with E-state index < -0.39 is 0 Å². The van der Waals surface area contributed by atoms with Gasteiger partial charge in [-0.15, -0.1) is 11.3 Å². The Morgan fingerprint density at radius 1 is 1.50 bits per heavy atom. The van der Waals surface area contributed by atoms with Crippen LogP contribution in [0.15, 0.2) is 18.2 Å². The summed E-state index contributed by atoms with van der Waals surface area (Å²) >= 11 is 7.59. The summed E-state index contributed by atoms with van der Waals surface area (Å²) in [5.74, 6) is 0. The highest BCUT2D eigenvalue weighted by molar-refractivity contribution is 7.18. The zero-order valence-electron chi connectivity index (χ0n) is 9.46. The van der Waals surface area contributed by atoms with E-state index >= 15 is 0 Å². The number of nitrogens with two attached hydrogens (primary N) is 1. The second kappa shape index (κ2) is 4.32. The van der Waals surface area contributed by atoms with Gasteiger partial charge in [0, 0.05) is 5.02 Å². The number of nitrogens with zero attached hydrogens (tertiary/aromatic N) is 1. The summed E-state index contributed by atoms with van der Waals surface area (Å²) < 4.78 is 1.15. The van der Waals surface area contributed by atoms with Crippen LogP contribution >= 0.6 is 22.9 Å². The molecule has 2 aromatic rings. The Morgan fingerprint density at radius 2 is 2.25 bits per heavy atom. The molecule has 1 unspecified atom stereocenters. The molecule has 0 bridgehead atoms. The fourth-order valence-electron chi connectivity index (χ4n) is 1.77. The summed E-state index contributed by atoms with van der Waals surface area (Å²) in [6.45, 7) is 4.17. The van der Waals surface area contributed by atoms with Crippen LogP contribution in [0.4, 0.5) is 0 Å². The van der Waals surface area contributed by atoms with Crippen molar-refractivity contribution < 1.29 is 0 Å². The number of rotatable bonds is 3. The van der Waals surface area contributed by atoms with E-state index in [1.54, 1.807) is 11.3 Å². The molecule has 1 aromatic heterocycles. The van der Waals surface area contributed by atoms with Gasteiger partial charge >= 0.3 is 0 Å². The maximum atomic E-state index is 6.27. The topological polar surface area (TPSA) is 38.9 Å². The standard InChI is InChI=1S/C12H15ClN2S/c1-3-6-12(2,14)11-15-9-7-8(13)4-5-10(9)16-11/h4-5,7H,3,6,14H2,1-2H3. The SMILES string of the molecule is CCCC(C)(N)c1nc2cc(Cl)ccc2s1. The van der Waals surface area contributed by atoms with Crippen molar-refractivity contribution in [3.05, 3.63) is 28.2 Å². The molecule has 0 aliphatic heterocycles. The maximum Gasteiger partial charge on any atom is 0.113 e. The third kappa shape index (κ3) is 2.21. The van der Waals surface area contributed by atoms with Gasteiger partial charge in [-0.05, 0) is 31.5 Å². The van der Waals surface area contributed by atoms with Crippen LogP contribution in [0.2, 0.25) is 5.02 Å². The molecule has 0 spiro atoms. The molecule has 86 valence electrons. The molecule has 1 atom stereocenters. The van der Waals surface area contributed by atoms with Gasteiger partial charge in [0.15, 0.2) is 0 Å². The lowest BCUT2D eigenvalue weighted by Crippen LogP contribution is -2.32. The molecular weight excluding hydrogens is 240 g/mol. The summed E-state index contributed by atoms with van der Waals surface area (Å²) in [7, 11) is 0. The maximum absolute atomic E-state index is 6.27. The van der Waals surface area contributed by atoms with E-state index in [9.17, 15) is 0 Å². The molecule has 0 fully saturated rings. The first kappa shape index (κ1) is 11.8. The van der Waals surface area contributed by atoms with Crippen molar-refractivity contribution in [3.63, 3.8) is 0 Å². The predicted molar refractivity (Wildman–Crippen MR) is 71.1 cm³/mol. The van der Waals surface area contributed by atoms with E-state index in [-0.39, 0.29) is 5.54 Å². The molecule has 0 amide bonds. The highest BCUT2D eigenvalue weighted by Crippen LogP contribution is 2.32. The highest BCUT2D eigenvalue weighted by Gasteiger charge is 2.24. The molecule has 1 heterocycles. The number of hydrogen-bond donors (Lipinski definition) is 1. The molecule has 2 rings (SSSR count). The van der Waals surface area contributed by atoms with E-state index in [1.165, 1.54) is 0 Å². The van der Waals surface area contributed by atoms with Gasteiger partial charge in [-0.3, -0.25) is 0 Å². The average molecular weight is 255 g/mol. The second-order valence-corrected chi connectivity index (χ2v) is 5.77. The Kier molecular flexibility index (Phi) is 3.19. The lowest BCUT2D eigenvalue weighted by Gasteiger charge is -2.20. The fourth-order valence-corrected chi connectivity index (χ4v) is 2.97. The van der Waals surface area contributed by atoms with Crippen molar-refractivity contribution in [2.75, 3.05) is 0 Å². The molecule has 16 heavy (non-hydrogen) atoms. The van der Waals surface area contributed by atoms with Gasteiger partial charge in [0.2, 0.25) is 0 Å². The van der Waals surface area contributed by atoms with Gasteiger partial charge in [0.25, 0.3) is 0 Å². The Morgan fingerprint density at radius 3 is 2.94 bits per heavy atom. The van der Waals surface area contributed by atoms with Crippen molar-refractivity contribution in [2.24, 2.45) is 5.73 Å². The largest absolute Gasteiger partial charge is 0.320 e. The lowest BCUT2D eigenvalue weighted by molar-refractivity contribution is 0.445. The van der Waals surface area contributed by atoms with E-state index in [1.807, 2.05) is 25.1 Å². The number of aromatic nitrogens is 1. The number of benzene rings is 1. The molecule has 1 aromatic carbocycles. The monoisotopic (exact) mass is 254 g/mol.